The largest absolute Gasteiger partial charge is 0.304 e. The Kier molecular flexibility index (Phi) is 3.62. The van der Waals surface area contributed by atoms with E-state index in [1.807, 2.05) is 18.3 Å². The second kappa shape index (κ2) is 5.39. The summed E-state index contributed by atoms with van der Waals surface area (Å²) < 4.78 is 0. The Morgan fingerprint density at radius 3 is 2.95 bits per heavy atom. The van der Waals surface area contributed by atoms with Gasteiger partial charge in [-0.2, -0.15) is 0 Å². The molecule has 0 aromatic carbocycles. The van der Waals surface area contributed by atoms with Crippen LogP contribution >= 0.6 is 11.3 Å². The first-order chi connectivity index (χ1) is 9.24. The van der Waals surface area contributed by atoms with E-state index >= 15 is 0 Å². The van der Waals surface area contributed by atoms with E-state index in [1.165, 1.54) is 24.1 Å². The van der Waals surface area contributed by atoms with Crippen molar-refractivity contribution in [2.75, 3.05) is 0 Å². The second-order valence-electron chi connectivity index (χ2n) is 5.14. The van der Waals surface area contributed by atoms with Crippen molar-refractivity contribution in [3.8, 4) is 0 Å². The zero-order valence-electron chi connectivity index (χ0n) is 11.4. The van der Waals surface area contributed by atoms with Gasteiger partial charge in [-0.3, -0.25) is 9.97 Å². The molecule has 0 saturated carbocycles. The Balaban J connectivity index is 1.64. The van der Waals surface area contributed by atoms with Crippen molar-refractivity contribution in [1.29, 1.82) is 0 Å². The topological polar surface area (TPSA) is 37.8 Å². The van der Waals surface area contributed by atoms with Crippen LogP contribution in [0.4, 0.5) is 0 Å². The van der Waals surface area contributed by atoms with Crippen LogP contribution in [0, 0.1) is 6.92 Å². The minimum atomic E-state index is 0.241. The SMILES string of the molecule is Cc1nccnc1C(C)NCc1cc2c(s1)CCC2. The average molecular weight is 273 g/mol. The van der Waals surface area contributed by atoms with Gasteiger partial charge < -0.3 is 5.32 Å². The first kappa shape index (κ1) is 12.8. The van der Waals surface area contributed by atoms with E-state index in [0.717, 1.165) is 17.9 Å². The summed E-state index contributed by atoms with van der Waals surface area (Å²) in [6.07, 6.45) is 7.39. The summed E-state index contributed by atoms with van der Waals surface area (Å²) in [6.45, 7) is 5.09. The Labute approximate surface area is 118 Å². The molecular formula is C15H19N3S. The number of thiophene rings is 1. The molecule has 1 atom stereocenters. The lowest BCUT2D eigenvalue weighted by molar-refractivity contribution is 0.559. The molecule has 0 fully saturated rings. The van der Waals surface area contributed by atoms with Gasteiger partial charge in [0, 0.05) is 34.7 Å². The first-order valence-electron chi connectivity index (χ1n) is 6.85. The van der Waals surface area contributed by atoms with Gasteiger partial charge >= 0.3 is 0 Å². The summed E-state index contributed by atoms with van der Waals surface area (Å²) in [6, 6.07) is 2.61. The predicted molar refractivity (Wildman–Crippen MR) is 78.4 cm³/mol. The minimum Gasteiger partial charge on any atom is -0.304 e. The van der Waals surface area contributed by atoms with Crippen molar-refractivity contribution in [2.24, 2.45) is 0 Å². The zero-order chi connectivity index (χ0) is 13.2. The quantitative estimate of drug-likeness (QED) is 0.929. The molecule has 19 heavy (non-hydrogen) atoms. The molecule has 0 spiro atoms. The molecule has 0 amide bonds. The van der Waals surface area contributed by atoms with Crippen LogP contribution in [0.25, 0.3) is 0 Å². The van der Waals surface area contributed by atoms with Crippen molar-refractivity contribution in [2.45, 2.75) is 45.7 Å². The molecule has 1 N–H and O–H groups in total. The maximum Gasteiger partial charge on any atom is 0.0782 e. The Morgan fingerprint density at radius 1 is 1.32 bits per heavy atom. The highest BCUT2D eigenvalue weighted by Gasteiger charge is 2.15. The summed E-state index contributed by atoms with van der Waals surface area (Å²) in [5.74, 6) is 0. The molecule has 2 heterocycles. The summed E-state index contributed by atoms with van der Waals surface area (Å²) in [5, 5.41) is 3.55. The van der Waals surface area contributed by atoms with Crippen molar-refractivity contribution >= 4 is 11.3 Å². The number of aryl methyl sites for hydroxylation is 3. The molecule has 1 unspecified atom stereocenters. The fourth-order valence-corrected chi connectivity index (χ4v) is 3.88. The van der Waals surface area contributed by atoms with E-state index in [2.05, 4.69) is 28.3 Å². The smallest absolute Gasteiger partial charge is 0.0782 e. The van der Waals surface area contributed by atoms with Crippen LogP contribution in [0.5, 0.6) is 0 Å². The molecule has 0 saturated heterocycles. The normalized spacial score (nSPS) is 15.5. The molecule has 100 valence electrons. The summed E-state index contributed by atoms with van der Waals surface area (Å²) in [7, 11) is 0. The lowest BCUT2D eigenvalue weighted by atomic mass is 10.2. The number of aromatic nitrogens is 2. The summed E-state index contributed by atoms with van der Waals surface area (Å²) >= 11 is 1.96. The predicted octanol–water partition coefficient (Wildman–Crippen LogP) is 3.19. The zero-order valence-corrected chi connectivity index (χ0v) is 12.3. The molecule has 3 rings (SSSR count). The third-order valence-electron chi connectivity index (χ3n) is 3.71. The maximum atomic E-state index is 4.42. The summed E-state index contributed by atoms with van der Waals surface area (Å²) in [4.78, 5) is 11.8. The number of rotatable bonds is 4. The number of nitrogens with zero attached hydrogens (tertiary/aromatic N) is 2. The van der Waals surface area contributed by atoms with Gasteiger partial charge in [0.25, 0.3) is 0 Å². The monoisotopic (exact) mass is 273 g/mol. The first-order valence-corrected chi connectivity index (χ1v) is 7.67. The molecule has 2 aromatic heterocycles. The van der Waals surface area contributed by atoms with Crippen LogP contribution < -0.4 is 5.32 Å². The van der Waals surface area contributed by atoms with Crippen LogP contribution in [0.15, 0.2) is 18.5 Å². The van der Waals surface area contributed by atoms with Gasteiger partial charge in [-0.25, -0.2) is 0 Å². The van der Waals surface area contributed by atoms with Crippen molar-refractivity contribution in [1.82, 2.24) is 15.3 Å². The lowest BCUT2D eigenvalue weighted by Crippen LogP contribution is -2.19. The number of hydrogen-bond donors (Lipinski definition) is 1. The number of nitrogens with one attached hydrogen (secondary N) is 1. The third kappa shape index (κ3) is 2.69. The van der Waals surface area contributed by atoms with Crippen molar-refractivity contribution in [3.05, 3.63) is 45.2 Å². The second-order valence-corrected chi connectivity index (χ2v) is 6.37. The lowest BCUT2D eigenvalue weighted by Gasteiger charge is -2.14. The molecule has 2 aromatic rings. The van der Waals surface area contributed by atoms with E-state index in [4.69, 9.17) is 0 Å². The van der Waals surface area contributed by atoms with E-state index < -0.39 is 0 Å². The Bertz CT molecular complexity index is 555. The highest BCUT2D eigenvalue weighted by molar-refractivity contribution is 7.12. The number of hydrogen-bond acceptors (Lipinski definition) is 4. The standard InChI is InChI=1S/C15H19N3S/c1-10-15(17-7-6-16-10)11(2)18-9-13-8-12-4-3-5-14(12)19-13/h6-8,11,18H,3-5,9H2,1-2H3. The van der Waals surface area contributed by atoms with E-state index in [1.54, 1.807) is 22.8 Å². The van der Waals surface area contributed by atoms with Gasteiger partial charge in [-0.15, -0.1) is 11.3 Å². The minimum absolute atomic E-state index is 0.241. The van der Waals surface area contributed by atoms with Gasteiger partial charge in [0.1, 0.15) is 0 Å². The maximum absolute atomic E-state index is 4.42. The van der Waals surface area contributed by atoms with Crippen LogP contribution in [0.2, 0.25) is 0 Å². The third-order valence-corrected chi connectivity index (χ3v) is 4.95. The molecule has 0 bridgehead atoms. The van der Waals surface area contributed by atoms with E-state index in [0.29, 0.717) is 0 Å². The fourth-order valence-electron chi connectivity index (χ4n) is 2.67. The molecule has 3 nitrogen and oxygen atoms in total. The molecule has 4 heteroatoms. The molecule has 1 aliphatic carbocycles. The highest BCUT2D eigenvalue weighted by atomic mass is 32.1. The van der Waals surface area contributed by atoms with Gasteiger partial charge in [-0.05, 0) is 44.7 Å². The van der Waals surface area contributed by atoms with Crippen LogP contribution in [0.1, 0.15) is 46.1 Å². The Morgan fingerprint density at radius 2 is 2.16 bits per heavy atom. The van der Waals surface area contributed by atoms with Crippen molar-refractivity contribution in [3.63, 3.8) is 0 Å². The fraction of sp³-hybridized carbons (Fsp3) is 0.467. The average Bonchev–Trinajstić information content (AvgIpc) is 2.97. The van der Waals surface area contributed by atoms with E-state index in [9.17, 15) is 0 Å². The van der Waals surface area contributed by atoms with Gasteiger partial charge in [0.15, 0.2) is 0 Å². The van der Waals surface area contributed by atoms with Crippen LogP contribution in [-0.2, 0) is 19.4 Å². The van der Waals surface area contributed by atoms with Gasteiger partial charge in [-0.1, -0.05) is 0 Å². The van der Waals surface area contributed by atoms with Crippen molar-refractivity contribution < 1.29 is 0 Å². The molecule has 0 radical (unpaired) electrons. The summed E-state index contributed by atoms with van der Waals surface area (Å²) in [5.41, 5.74) is 3.63. The van der Waals surface area contributed by atoms with Crippen LogP contribution in [-0.4, -0.2) is 9.97 Å². The number of fused-ring (bicyclic) bond motifs is 1. The Hall–Kier alpha value is -1.26. The van der Waals surface area contributed by atoms with E-state index in [-0.39, 0.29) is 6.04 Å². The molecule has 1 aliphatic rings. The van der Waals surface area contributed by atoms with Gasteiger partial charge in [0.05, 0.1) is 11.4 Å². The van der Waals surface area contributed by atoms with Gasteiger partial charge in [0.2, 0.25) is 0 Å². The molecular weight excluding hydrogens is 254 g/mol. The molecule has 0 aliphatic heterocycles. The highest BCUT2D eigenvalue weighted by Crippen LogP contribution is 2.30. The van der Waals surface area contributed by atoms with Crippen LogP contribution in [0.3, 0.4) is 0 Å².